The Labute approximate surface area is 162 Å². The van der Waals surface area contributed by atoms with E-state index in [-0.39, 0.29) is 24.0 Å². The Hall–Kier alpha value is -3.40. The zero-order chi connectivity index (χ0) is 19.7. The third-order valence-electron chi connectivity index (χ3n) is 4.79. The minimum absolute atomic E-state index is 0.0922. The number of halogens is 1. The van der Waals surface area contributed by atoms with Crippen LogP contribution in [0.25, 0.3) is 22.1 Å². The maximum absolute atomic E-state index is 13.9. The first-order valence-corrected chi connectivity index (χ1v) is 9.15. The Morgan fingerprint density at radius 2 is 1.68 bits per heavy atom. The van der Waals surface area contributed by atoms with Crippen molar-refractivity contribution < 1.29 is 13.6 Å². The highest BCUT2D eigenvalue weighted by Gasteiger charge is 2.22. The van der Waals surface area contributed by atoms with Crippen LogP contribution in [0.15, 0.2) is 71.1 Å². The van der Waals surface area contributed by atoms with E-state index in [1.54, 1.807) is 18.2 Å². The summed E-state index contributed by atoms with van der Waals surface area (Å²) in [4.78, 5) is 12.9. The number of rotatable bonds is 4. The predicted octanol–water partition coefficient (Wildman–Crippen LogP) is 5.79. The molecule has 4 aromatic rings. The van der Waals surface area contributed by atoms with E-state index in [2.05, 4.69) is 5.32 Å². The molecule has 0 aliphatic carbocycles. The van der Waals surface area contributed by atoms with Crippen molar-refractivity contribution in [2.24, 2.45) is 0 Å². The van der Waals surface area contributed by atoms with E-state index in [0.717, 1.165) is 27.6 Å². The first-order valence-electron chi connectivity index (χ1n) is 9.15. The third-order valence-corrected chi connectivity index (χ3v) is 4.79. The number of fused-ring (bicyclic) bond motifs is 1. The van der Waals surface area contributed by atoms with E-state index in [1.807, 2.05) is 56.3 Å². The number of carbonyl (C=O) groups is 1. The molecular formula is C24H20FNO2. The van der Waals surface area contributed by atoms with E-state index in [1.165, 1.54) is 6.07 Å². The van der Waals surface area contributed by atoms with Crippen LogP contribution in [0, 0.1) is 19.7 Å². The summed E-state index contributed by atoms with van der Waals surface area (Å²) in [5.41, 5.74) is 4.96. The average molecular weight is 373 g/mol. The summed E-state index contributed by atoms with van der Waals surface area (Å²) in [5, 5.41) is 3.67. The van der Waals surface area contributed by atoms with Gasteiger partial charge in [0.15, 0.2) is 0 Å². The number of furan rings is 1. The van der Waals surface area contributed by atoms with Crippen molar-refractivity contribution in [2.75, 3.05) is 0 Å². The van der Waals surface area contributed by atoms with Gasteiger partial charge in [0, 0.05) is 23.1 Å². The SMILES string of the molecule is Cc1ccc(-c2c(C(=O)NCc3ccccc3F)oc3ccc(C)cc23)cc1. The van der Waals surface area contributed by atoms with E-state index < -0.39 is 0 Å². The van der Waals surface area contributed by atoms with Gasteiger partial charge in [-0.05, 0) is 37.6 Å². The molecule has 4 heteroatoms. The van der Waals surface area contributed by atoms with Gasteiger partial charge < -0.3 is 9.73 Å². The number of benzene rings is 3. The van der Waals surface area contributed by atoms with Crippen molar-refractivity contribution in [3.63, 3.8) is 0 Å². The van der Waals surface area contributed by atoms with Crippen molar-refractivity contribution in [1.82, 2.24) is 5.32 Å². The van der Waals surface area contributed by atoms with E-state index in [0.29, 0.717) is 11.1 Å². The molecule has 0 atom stereocenters. The lowest BCUT2D eigenvalue weighted by atomic mass is 9.99. The number of aryl methyl sites for hydroxylation is 2. The Morgan fingerprint density at radius 1 is 0.964 bits per heavy atom. The molecular weight excluding hydrogens is 353 g/mol. The fraction of sp³-hybridized carbons (Fsp3) is 0.125. The van der Waals surface area contributed by atoms with Crippen molar-refractivity contribution in [3.05, 3.63) is 95.0 Å². The quantitative estimate of drug-likeness (QED) is 0.492. The normalized spacial score (nSPS) is 11.0. The van der Waals surface area contributed by atoms with Gasteiger partial charge in [-0.3, -0.25) is 4.79 Å². The number of amides is 1. The molecule has 0 radical (unpaired) electrons. The molecule has 1 amide bonds. The third kappa shape index (κ3) is 3.41. The van der Waals surface area contributed by atoms with Gasteiger partial charge in [0.1, 0.15) is 11.4 Å². The zero-order valence-electron chi connectivity index (χ0n) is 15.8. The average Bonchev–Trinajstić information content (AvgIpc) is 3.06. The summed E-state index contributed by atoms with van der Waals surface area (Å²) in [6.07, 6.45) is 0. The van der Waals surface area contributed by atoms with Crippen LogP contribution in [0.5, 0.6) is 0 Å². The molecule has 0 aliphatic heterocycles. The number of hydrogen-bond acceptors (Lipinski definition) is 2. The molecule has 3 nitrogen and oxygen atoms in total. The summed E-state index contributed by atoms with van der Waals surface area (Å²) in [5.74, 6) is -0.477. The predicted molar refractivity (Wildman–Crippen MR) is 109 cm³/mol. The maximum atomic E-state index is 13.9. The Bertz CT molecular complexity index is 1160. The second-order valence-corrected chi connectivity index (χ2v) is 6.95. The van der Waals surface area contributed by atoms with Gasteiger partial charge in [-0.25, -0.2) is 4.39 Å². The van der Waals surface area contributed by atoms with Crippen LogP contribution in [-0.2, 0) is 6.54 Å². The summed E-state index contributed by atoms with van der Waals surface area (Å²) in [7, 11) is 0. The standard InChI is InChI=1S/C24H20FNO2/c1-15-7-10-17(11-8-15)22-19-13-16(2)9-12-21(19)28-23(22)24(27)26-14-18-5-3-4-6-20(18)25/h3-13H,14H2,1-2H3,(H,26,27). The fourth-order valence-corrected chi connectivity index (χ4v) is 3.28. The molecule has 0 fully saturated rings. The van der Waals surface area contributed by atoms with Crippen molar-refractivity contribution in [3.8, 4) is 11.1 Å². The summed E-state index contributed by atoms with van der Waals surface area (Å²) in [6, 6.07) is 20.2. The number of hydrogen-bond donors (Lipinski definition) is 1. The van der Waals surface area contributed by atoms with Gasteiger partial charge in [0.2, 0.25) is 5.76 Å². The summed E-state index contributed by atoms with van der Waals surface area (Å²) < 4.78 is 19.8. The van der Waals surface area contributed by atoms with Gasteiger partial charge in [0.05, 0.1) is 0 Å². The van der Waals surface area contributed by atoms with Crippen LogP contribution >= 0.6 is 0 Å². The van der Waals surface area contributed by atoms with Crippen LogP contribution in [-0.4, -0.2) is 5.91 Å². The molecule has 1 aromatic heterocycles. The van der Waals surface area contributed by atoms with Gasteiger partial charge in [0.25, 0.3) is 5.91 Å². The minimum atomic E-state index is -0.368. The lowest BCUT2D eigenvalue weighted by Crippen LogP contribution is -2.23. The smallest absolute Gasteiger partial charge is 0.287 e. The van der Waals surface area contributed by atoms with Crippen LogP contribution in [0.4, 0.5) is 4.39 Å². The molecule has 0 spiro atoms. The molecule has 0 aliphatic rings. The Morgan fingerprint density at radius 3 is 2.43 bits per heavy atom. The molecule has 1 N–H and O–H groups in total. The first kappa shape index (κ1) is 18.0. The van der Waals surface area contributed by atoms with Crippen LogP contribution < -0.4 is 5.32 Å². The zero-order valence-corrected chi connectivity index (χ0v) is 15.8. The van der Waals surface area contributed by atoms with Crippen molar-refractivity contribution >= 4 is 16.9 Å². The highest BCUT2D eigenvalue weighted by molar-refractivity contribution is 6.08. The number of nitrogens with one attached hydrogen (secondary N) is 1. The Kier molecular flexibility index (Phi) is 4.70. The van der Waals surface area contributed by atoms with Crippen molar-refractivity contribution in [2.45, 2.75) is 20.4 Å². The summed E-state index contributed by atoms with van der Waals surface area (Å²) >= 11 is 0. The minimum Gasteiger partial charge on any atom is -0.450 e. The molecule has 0 saturated heterocycles. The molecule has 140 valence electrons. The second-order valence-electron chi connectivity index (χ2n) is 6.95. The maximum Gasteiger partial charge on any atom is 0.287 e. The lowest BCUT2D eigenvalue weighted by molar-refractivity contribution is 0.0926. The molecule has 0 unspecified atom stereocenters. The van der Waals surface area contributed by atoms with E-state index in [4.69, 9.17) is 4.42 Å². The highest BCUT2D eigenvalue weighted by atomic mass is 19.1. The largest absolute Gasteiger partial charge is 0.450 e. The summed E-state index contributed by atoms with van der Waals surface area (Å²) in [6.45, 7) is 4.11. The first-order chi connectivity index (χ1) is 13.5. The topological polar surface area (TPSA) is 42.2 Å². The monoisotopic (exact) mass is 373 g/mol. The number of carbonyl (C=O) groups excluding carboxylic acids is 1. The fourth-order valence-electron chi connectivity index (χ4n) is 3.28. The van der Waals surface area contributed by atoms with Crippen LogP contribution in [0.2, 0.25) is 0 Å². The second kappa shape index (κ2) is 7.31. The molecule has 0 saturated carbocycles. The van der Waals surface area contributed by atoms with Gasteiger partial charge in [-0.15, -0.1) is 0 Å². The highest BCUT2D eigenvalue weighted by Crippen LogP contribution is 2.35. The molecule has 1 heterocycles. The molecule has 4 rings (SSSR count). The molecule has 3 aromatic carbocycles. The van der Waals surface area contributed by atoms with E-state index in [9.17, 15) is 9.18 Å². The van der Waals surface area contributed by atoms with Gasteiger partial charge in [-0.2, -0.15) is 0 Å². The van der Waals surface area contributed by atoms with Crippen LogP contribution in [0.3, 0.4) is 0 Å². The van der Waals surface area contributed by atoms with Gasteiger partial charge in [-0.1, -0.05) is 59.7 Å². The van der Waals surface area contributed by atoms with Gasteiger partial charge >= 0.3 is 0 Å². The Balaban J connectivity index is 1.75. The molecule has 28 heavy (non-hydrogen) atoms. The van der Waals surface area contributed by atoms with E-state index >= 15 is 0 Å². The molecule has 0 bridgehead atoms. The lowest BCUT2D eigenvalue weighted by Gasteiger charge is -2.07. The van der Waals surface area contributed by atoms with Crippen LogP contribution in [0.1, 0.15) is 27.2 Å². The van der Waals surface area contributed by atoms with Crippen molar-refractivity contribution in [1.29, 1.82) is 0 Å².